The summed E-state index contributed by atoms with van der Waals surface area (Å²) in [6, 6.07) is 4.98. The smallest absolute Gasteiger partial charge is 0.251 e. The van der Waals surface area contributed by atoms with Gasteiger partial charge in [0.1, 0.15) is 12.0 Å². The predicted molar refractivity (Wildman–Crippen MR) is 143 cm³/mol. The van der Waals surface area contributed by atoms with E-state index in [1.54, 1.807) is 18.2 Å². The van der Waals surface area contributed by atoms with Crippen LogP contribution in [0.25, 0.3) is 0 Å². The molecule has 0 saturated heterocycles. The van der Waals surface area contributed by atoms with E-state index in [0.717, 1.165) is 25.7 Å². The van der Waals surface area contributed by atoms with Crippen LogP contribution in [0.5, 0.6) is 5.75 Å². The van der Waals surface area contributed by atoms with Crippen LogP contribution in [0.3, 0.4) is 0 Å². The number of Topliss-reactive ketones (excluding diaryl/α,β-unsaturated/α-hetero) is 1. The molecule has 1 aliphatic rings. The van der Waals surface area contributed by atoms with E-state index in [9.17, 15) is 9.59 Å². The highest BCUT2D eigenvalue weighted by molar-refractivity contribution is 6.12. The molecule has 0 unspecified atom stereocenters. The minimum absolute atomic E-state index is 0.129. The molecular weight excluding hydrogens is 438 g/mol. The largest absolute Gasteiger partial charge is 0.497 e. The number of carbonyl (C=O) groups excluding carboxylic acids is 2. The van der Waals surface area contributed by atoms with Crippen molar-refractivity contribution in [2.45, 2.75) is 117 Å². The van der Waals surface area contributed by atoms with E-state index in [0.29, 0.717) is 30.0 Å². The van der Waals surface area contributed by atoms with Gasteiger partial charge < -0.3 is 14.8 Å². The van der Waals surface area contributed by atoms with Crippen LogP contribution in [-0.2, 0) is 4.74 Å². The minimum Gasteiger partial charge on any atom is -0.497 e. The lowest BCUT2D eigenvalue weighted by Crippen LogP contribution is -2.24. The van der Waals surface area contributed by atoms with E-state index in [2.05, 4.69) is 19.2 Å². The molecule has 1 aliphatic heterocycles. The van der Waals surface area contributed by atoms with Gasteiger partial charge in [-0.25, -0.2) is 0 Å². The van der Waals surface area contributed by atoms with Crippen LogP contribution in [0.1, 0.15) is 137 Å². The highest BCUT2D eigenvalue weighted by atomic mass is 16.5. The minimum atomic E-state index is -0.203. The Labute approximate surface area is 213 Å². The van der Waals surface area contributed by atoms with Crippen molar-refractivity contribution in [3.8, 4) is 5.75 Å². The average molecular weight is 486 g/mol. The fourth-order valence-corrected chi connectivity index (χ4v) is 4.30. The molecule has 0 radical (unpaired) electrons. The first kappa shape index (κ1) is 28.9. The maximum atomic E-state index is 12.5. The number of allylic oxidation sites excluding steroid dienone is 1. The summed E-state index contributed by atoms with van der Waals surface area (Å²) < 4.78 is 11.0. The molecule has 1 heterocycles. The van der Waals surface area contributed by atoms with Crippen molar-refractivity contribution in [1.29, 1.82) is 0 Å². The number of nitrogens with one attached hydrogen (secondary N) is 1. The van der Waals surface area contributed by atoms with Crippen LogP contribution < -0.4 is 10.1 Å². The second-order valence-corrected chi connectivity index (χ2v) is 9.70. The molecule has 0 saturated carbocycles. The van der Waals surface area contributed by atoms with Crippen molar-refractivity contribution in [2.75, 3.05) is 13.2 Å². The van der Waals surface area contributed by atoms with Gasteiger partial charge >= 0.3 is 0 Å². The maximum Gasteiger partial charge on any atom is 0.251 e. The van der Waals surface area contributed by atoms with Gasteiger partial charge in [0.2, 0.25) is 11.5 Å². The Kier molecular flexibility index (Phi) is 14.9. The van der Waals surface area contributed by atoms with E-state index < -0.39 is 0 Å². The number of ketones is 1. The fraction of sp³-hybridized carbons (Fsp3) is 0.667. The van der Waals surface area contributed by atoms with E-state index in [1.165, 1.54) is 83.3 Å². The predicted octanol–water partition coefficient (Wildman–Crippen LogP) is 8.13. The summed E-state index contributed by atoms with van der Waals surface area (Å²) in [4.78, 5) is 24.9. The number of carbonyl (C=O) groups is 2. The first-order chi connectivity index (χ1) is 17.2. The van der Waals surface area contributed by atoms with E-state index in [1.807, 2.05) is 0 Å². The van der Waals surface area contributed by atoms with Crippen molar-refractivity contribution in [3.05, 3.63) is 41.3 Å². The van der Waals surface area contributed by atoms with Gasteiger partial charge in [-0.1, -0.05) is 104 Å². The van der Waals surface area contributed by atoms with Gasteiger partial charge in [0.15, 0.2) is 0 Å². The van der Waals surface area contributed by atoms with Crippen molar-refractivity contribution >= 4 is 11.7 Å². The zero-order valence-electron chi connectivity index (χ0n) is 22.2. The van der Waals surface area contributed by atoms with Crippen LogP contribution >= 0.6 is 0 Å². The standard InChI is InChI=1S/C30H47NO4/c1-3-5-7-8-9-10-11-12-13-14-15-16-17-18-21-31-30(33)25-19-20-26-27(23-25)35-28(29(26)32)24-34-22-6-4-2/h19-20,23-24H,3-18,21-22H2,1-2H3,(H,31,33)/b28-24+. The van der Waals surface area contributed by atoms with Crippen molar-refractivity contribution < 1.29 is 19.1 Å². The molecule has 2 rings (SSSR count). The van der Waals surface area contributed by atoms with Crippen LogP contribution in [0, 0.1) is 0 Å². The second-order valence-electron chi connectivity index (χ2n) is 9.70. The zero-order valence-corrected chi connectivity index (χ0v) is 22.2. The first-order valence-electron chi connectivity index (χ1n) is 14.1. The topological polar surface area (TPSA) is 64.6 Å². The molecule has 1 aromatic carbocycles. The molecule has 1 N–H and O–H groups in total. The Morgan fingerprint density at radius 3 is 2.00 bits per heavy atom. The van der Waals surface area contributed by atoms with Gasteiger partial charge in [-0.3, -0.25) is 9.59 Å². The van der Waals surface area contributed by atoms with Gasteiger partial charge in [-0.05, 0) is 31.0 Å². The Bertz CT molecular complexity index is 787. The molecule has 196 valence electrons. The molecule has 5 heteroatoms. The summed E-state index contributed by atoms with van der Waals surface area (Å²) in [5.41, 5.74) is 0.980. The SMILES string of the molecule is CCCCCCCCCCCCCCCCNC(=O)c1ccc2c(c1)O/C(=C/OCCCC)C2=O. The Morgan fingerprint density at radius 2 is 1.40 bits per heavy atom. The summed E-state index contributed by atoms with van der Waals surface area (Å²) in [5.74, 6) is 0.265. The third-order valence-corrected chi connectivity index (χ3v) is 6.55. The number of benzene rings is 1. The summed E-state index contributed by atoms with van der Waals surface area (Å²) in [7, 11) is 0. The molecule has 35 heavy (non-hydrogen) atoms. The van der Waals surface area contributed by atoms with Gasteiger partial charge in [-0.15, -0.1) is 0 Å². The molecule has 1 aromatic rings. The van der Waals surface area contributed by atoms with Gasteiger partial charge in [0, 0.05) is 12.1 Å². The molecule has 5 nitrogen and oxygen atoms in total. The number of fused-ring (bicyclic) bond motifs is 1. The number of hydrogen-bond acceptors (Lipinski definition) is 4. The van der Waals surface area contributed by atoms with E-state index >= 15 is 0 Å². The Balaban J connectivity index is 1.52. The normalized spacial score (nSPS) is 13.7. The molecule has 0 bridgehead atoms. The van der Waals surface area contributed by atoms with Gasteiger partial charge in [0.25, 0.3) is 5.91 Å². The maximum absolute atomic E-state index is 12.5. The summed E-state index contributed by atoms with van der Waals surface area (Å²) >= 11 is 0. The van der Waals surface area contributed by atoms with Crippen LogP contribution in [0.2, 0.25) is 0 Å². The molecule has 1 amide bonds. The number of rotatable bonds is 20. The monoisotopic (exact) mass is 485 g/mol. The second kappa shape index (κ2) is 18.0. The van der Waals surface area contributed by atoms with E-state index in [4.69, 9.17) is 9.47 Å². The lowest BCUT2D eigenvalue weighted by molar-refractivity contribution is 0.0951. The van der Waals surface area contributed by atoms with Crippen molar-refractivity contribution in [1.82, 2.24) is 5.32 Å². The lowest BCUT2D eigenvalue weighted by Gasteiger charge is -2.07. The number of amides is 1. The van der Waals surface area contributed by atoms with E-state index in [-0.39, 0.29) is 17.4 Å². The van der Waals surface area contributed by atoms with Crippen molar-refractivity contribution in [2.24, 2.45) is 0 Å². The molecule has 0 spiro atoms. The van der Waals surface area contributed by atoms with Gasteiger partial charge in [0.05, 0.1) is 12.2 Å². The third kappa shape index (κ3) is 11.3. The molecule has 0 atom stereocenters. The fourth-order valence-electron chi connectivity index (χ4n) is 4.30. The Morgan fingerprint density at radius 1 is 0.829 bits per heavy atom. The highest BCUT2D eigenvalue weighted by Crippen LogP contribution is 2.31. The highest BCUT2D eigenvalue weighted by Gasteiger charge is 2.28. The quantitative estimate of drug-likeness (QED) is 0.115. The lowest BCUT2D eigenvalue weighted by atomic mass is 10.0. The number of ether oxygens (including phenoxy) is 2. The van der Waals surface area contributed by atoms with Crippen LogP contribution in [-0.4, -0.2) is 24.8 Å². The number of hydrogen-bond donors (Lipinski definition) is 1. The molecule has 0 aromatic heterocycles. The molecule has 0 fully saturated rings. The Hall–Kier alpha value is -2.30. The first-order valence-corrected chi connectivity index (χ1v) is 14.1. The van der Waals surface area contributed by atoms with Crippen LogP contribution in [0.15, 0.2) is 30.2 Å². The average Bonchev–Trinajstić information content (AvgIpc) is 3.18. The summed E-state index contributed by atoms with van der Waals surface area (Å²) in [6.07, 6.45) is 21.8. The molecule has 0 aliphatic carbocycles. The van der Waals surface area contributed by atoms with Gasteiger partial charge in [-0.2, -0.15) is 0 Å². The third-order valence-electron chi connectivity index (χ3n) is 6.55. The zero-order chi connectivity index (χ0) is 25.1. The van der Waals surface area contributed by atoms with Crippen LogP contribution in [0.4, 0.5) is 0 Å². The molecular formula is C30H47NO4. The van der Waals surface area contributed by atoms with Crippen molar-refractivity contribution in [3.63, 3.8) is 0 Å². The number of unbranched alkanes of at least 4 members (excludes halogenated alkanes) is 14. The summed E-state index contributed by atoms with van der Waals surface area (Å²) in [6.45, 7) is 5.57. The summed E-state index contributed by atoms with van der Waals surface area (Å²) in [5, 5.41) is 2.99.